The first-order chi connectivity index (χ1) is 10.2. The van der Waals surface area contributed by atoms with Gasteiger partial charge in [-0.05, 0) is 12.1 Å². The molecular formula is C15H19N3O3. The van der Waals surface area contributed by atoms with E-state index in [0.717, 1.165) is 11.3 Å². The topological polar surface area (TPSA) is 67.6 Å². The largest absolute Gasteiger partial charge is 0.496 e. The first-order valence-electron chi connectivity index (χ1n) is 6.67. The number of rotatable bonds is 6. The number of para-hydroxylation sites is 1. The maximum absolute atomic E-state index is 12.5. The van der Waals surface area contributed by atoms with Crippen LogP contribution in [0.15, 0.2) is 36.5 Å². The number of aliphatic hydroxyl groups excluding tert-OH is 1. The van der Waals surface area contributed by atoms with Crippen molar-refractivity contribution >= 4 is 5.91 Å². The number of amides is 1. The van der Waals surface area contributed by atoms with Crippen LogP contribution < -0.4 is 4.74 Å². The highest BCUT2D eigenvalue weighted by Crippen LogP contribution is 2.20. The summed E-state index contributed by atoms with van der Waals surface area (Å²) < 4.78 is 6.82. The molecule has 1 heterocycles. The van der Waals surface area contributed by atoms with Crippen LogP contribution >= 0.6 is 0 Å². The lowest BCUT2D eigenvalue weighted by Gasteiger charge is -2.22. The van der Waals surface area contributed by atoms with E-state index in [2.05, 4.69) is 5.10 Å². The summed E-state index contributed by atoms with van der Waals surface area (Å²) in [4.78, 5) is 14.1. The molecule has 0 atom stereocenters. The van der Waals surface area contributed by atoms with Gasteiger partial charge in [-0.25, -0.2) is 0 Å². The predicted octanol–water partition coefficient (Wildman–Crippen LogP) is 1.06. The molecule has 0 aliphatic carbocycles. The lowest BCUT2D eigenvalue weighted by molar-refractivity contribution is 0.0695. The van der Waals surface area contributed by atoms with E-state index in [0.29, 0.717) is 12.2 Å². The molecule has 0 fully saturated rings. The molecule has 0 spiro atoms. The molecule has 6 heteroatoms. The maximum atomic E-state index is 12.5. The minimum atomic E-state index is -0.171. The van der Waals surface area contributed by atoms with Crippen LogP contribution in [-0.4, -0.2) is 46.0 Å². The van der Waals surface area contributed by atoms with Gasteiger partial charge in [0, 0.05) is 31.9 Å². The Morgan fingerprint density at radius 2 is 2.14 bits per heavy atom. The van der Waals surface area contributed by atoms with Gasteiger partial charge in [0.05, 0.1) is 13.7 Å². The lowest BCUT2D eigenvalue weighted by Crippen LogP contribution is -2.34. The molecule has 0 bridgehead atoms. The van der Waals surface area contributed by atoms with Crippen molar-refractivity contribution in [1.82, 2.24) is 14.7 Å². The van der Waals surface area contributed by atoms with Gasteiger partial charge < -0.3 is 14.7 Å². The third kappa shape index (κ3) is 3.41. The zero-order chi connectivity index (χ0) is 15.2. The van der Waals surface area contributed by atoms with E-state index in [1.807, 2.05) is 24.3 Å². The van der Waals surface area contributed by atoms with Crippen molar-refractivity contribution in [3.05, 3.63) is 47.8 Å². The molecule has 21 heavy (non-hydrogen) atoms. The number of nitrogens with zero attached hydrogens (tertiary/aromatic N) is 3. The first kappa shape index (κ1) is 15.1. The van der Waals surface area contributed by atoms with Crippen LogP contribution in [0.4, 0.5) is 0 Å². The molecule has 0 unspecified atom stereocenters. The van der Waals surface area contributed by atoms with Gasteiger partial charge in [0.25, 0.3) is 5.91 Å². The molecule has 2 rings (SSSR count). The predicted molar refractivity (Wildman–Crippen MR) is 78.0 cm³/mol. The fourth-order valence-corrected chi connectivity index (χ4v) is 2.16. The molecule has 1 aromatic heterocycles. The summed E-state index contributed by atoms with van der Waals surface area (Å²) in [6, 6.07) is 9.18. The highest BCUT2D eigenvalue weighted by Gasteiger charge is 2.19. The van der Waals surface area contributed by atoms with E-state index in [1.165, 1.54) is 4.68 Å². The van der Waals surface area contributed by atoms with Crippen LogP contribution in [-0.2, 0) is 13.6 Å². The van der Waals surface area contributed by atoms with Gasteiger partial charge in [-0.1, -0.05) is 18.2 Å². The van der Waals surface area contributed by atoms with Gasteiger partial charge in [0.15, 0.2) is 0 Å². The van der Waals surface area contributed by atoms with E-state index in [4.69, 9.17) is 4.74 Å². The van der Waals surface area contributed by atoms with Gasteiger partial charge in [-0.15, -0.1) is 0 Å². The second-order valence-electron chi connectivity index (χ2n) is 4.60. The summed E-state index contributed by atoms with van der Waals surface area (Å²) in [5, 5.41) is 13.2. The molecule has 112 valence electrons. The van der Waals surface area contributed by atoms with Crippen molar-refractivity contribution in [2.75, 3.05) is 20.3 Å². The third-order valence-electron chi connectivity index (χ3n) is 3.25. The maximum Gasteiger partial charge on any atom is 0.272 e. The highest BCUT2D eigenvalue weighted by molar-refractivity contribution is 5.92. The summed E-state index contributed by atoms with van der Waals surface area (Å²) in [6.45, 7) is 0.523. The number of hydrogen-bond acceptors (Lipinski definition) is 4. The van der Waals surface area contributed by atoms with Gasteiger partial charge >= 0.3 is 0 Å². The molecule has 0 aliphatic heterocycles. The molecule has 2 aromatic rings. The third-order valence-corrected chi connectivity index (χ3v) is 3.25. The monoisotopic (exact) mass is 289 g/mol. The van der Waals surface area contributed by atoms with Crippen molar-refractivity contribution in [2.24, 2.45) is 7.05 Å². The van der Waals surface area contributed by atoms with Crippen molar-refractivity contribution in [2.45, 2.75) is 6.54 Å². The van der Waals surface area contributed by atoms with E-state index in [1.54, 1.807) is 31.3 Å². The zero-order valence-corrected chi connectivity index (χ0v) is 12.2. The SMILES string of the molecule is COc1ccccc1CN(CCO)C(=O)c1ccnn1C. The van der Waals surface area contributed by atoms with Crippen LogP contribution in [0.2, 0.25) is 0 Å². The number of methoxy groups -OCH3 is 1. The Kier molecular flexibility index (Phi) is 4.94. The minimum Gasteiger partial charge on any atom is -0.496 e. The Morgan fingerprint density at radius 3 is 2.76 bits per heavy atom. The number of benzene rings is 1. The second-order valence-corrected chi connectivity index (χ2v) is 4.60. The number of hydrogen-bond donors (Lipinski definition) is 1. The molecule has 0 radical (unpaired) electrons. The molecule has 1 N–H and O–H groups in total. The van der Waals surface area contributed by atoms with Crippen LogP contribution in [0, 0.1) is 0 Å². The Balaban J connectivity index is 2.23. The van der Waals surface area contributed by atoms with Gasteiger partial charge in [0.2, 0.25) is 0 Å². The van der Waals surface area contributed by atoms with E-state index in [-0.39, 0.29) is 19.1 Å². The summed E-state index contributed by atoms with van der Waals surface area (Å²) in [7, 11) is 3.31. The summed E-state index contributed by atoms with van der Waals surface area (Å²) in [5.41, 5.74) is 1.38. The van der Waals surface area contributed by atoms with Crippen LogP contribution in [0.5, 0.6) is 5.75 Å². The molecule has 6 nitrogen and oxygen atoms in total. The van der Waals surface area contributed by atoms with E-state index in [9.17, 15) is 9.90 Å². The van der Waals surface area contributed by atoms with Gasteiger partial charge in [0.1, 0.15) is 11.4 Å². The normalized spacial score (nSPS) is 10.4. The second kappa shape index (κ2) is 6.90. The summed E-state index contributed by atoms with van der Waals surface area (Å²) >= 11 is 0. The van der Waals surface area contributed by atoms with Crippen molar-refractivity contribution in [3.63, 3.8) is 0 Å². The number of carbonyl (C=O) groups is 1. The van der Waals surface area contributed by atoms with Crippen LogP contribution in [0.25, 0.3) is 0 Å². The number of ether oxygens (including phenoxy) is 1. The molecule has 0 aliphatic rings. The highest BCUT2D eigenvalue weighted by atomic mass is 16.5. The van der Waals surface area contributed by atoms with Crippen LogP contribution in [0.1, 0.15) is 16.1 Å². The van der Waals surface area contributed by atoms with Crippen molar-refractivity contribution in [3.8, 4) is 5.75 Å². The smallest absolute Gasteiger partial charge is 0.272 e. The Morgan fingerprint density at radius 1 is 1.38 bits per heavy atom. The van der Waals surface area contributed by atoms with Crippen molar-refractivity contribution < 1.29 is 14.6 Å². The average molecular weight is 289 g/mol. The first-order valence-corrected chi connectivity index (χ1v) is 6.67. The number of aryl methyl sites for hydroxylation is 1. The summed E-state index contributed by atoms with van der Waals surface area (Å²) in [6.07, 6.45) is 1.58. The fraction of sp³-hybridized carbons (Fsp3) is 0.333. The van der Waals surface area contributed by atoms with Gasteiger partial charge in [-0.3, -0.25) is 9.48 Å². The lowest BCUT2D eigenvalue weighted by atomic mass is 10.2. The Bertz CT molecular complexity index is 610. The van der Waals surface area contributed by atoms with Gasteiger partial charge in [-0.2, -0.15) is 5.10 Å². The van der Waals surface area contributed by atoms with E-state index >= 15 is 0 Å². The standard InChI is InChI=1S/C15H19N3O3/c1-17-13(7-8-16-17)15(20)18(9-10-19)11-12-5-3-4-6-14(12)21-2/h3-8,19H,9-11H2,1-2H3. The van der Waals surface area contributed by atoms with Crippen molar-refractivity contribution in [1.29, 1.82) is 0 Å². The Labute approximate surface area is 123 Å². The molecule has 0 saturated heterocycles. The summed E-state index contributed by atoms with van der Waals surface area (Å²) in [5.74, 6) is 0.549. The van der Waals surface area contributed by atoms with Crippen LogP contribution in [0.3, 0.4) is 0 Å². The number of aromatic nitrogens is 2. The molecular weight excluding hydrogens is 270 g/mol. The number of carbonyl (C=O) groups excluding carboxylic acids is 1. The fourth-order valence-electron chi connectivity index (χ4n) is 2.16. The number of aliphatic hydroxyl groups is 1. The minimum absolute atomic E-state index is 0.0985. The average Bonchev–Trinajstić information content (AvgIpc) is 2.92. The Hall–Kier alpha value is -2.34. The van der Waals surface area contributed by atoms with E-state index < -0.39 is 0 Å². The quantitative estimate of drug-likeness (QED) is 0.863. The molecule has 0 saturated carbocycles. The molecule has 1 amide bonds. The molecule has 1 aromatic carbocycles. The zero-order valence-electron chi connectivity index (χ0n) is 12.2.